The van der Waals surface area contributed by atoms with Crippen LogP contribution in [0.5, 0.6) is 5.75 Å². The Hall–Kier alpha value is -1.99. The number of amides is 1. The van der Waals surface area contributed by atoms with Crippen molar-refractivity contribution in [1.29, 1.82) is 0 Å². The average Bonchev–Trinajstić information content (AvgIpc) is 2.45. The molecule has 0 bridgehead atoms. The second-order valence-corrected chi connectivity index (χ2v) is 4.11. The van der Waals surface area contributed by atoms with Crippen molar-refractivity contribution in [2.75, 3.05) is 13.2 Å². The maximum absolute atomic E-state index is 11.9. The van der Waals surface area contributed by atoms with Crippen molar-refractivity contribution in [3.05, 3.63) is 29.8 Å². The Morgan fingerprint density at radius 1 is 1.47 bits per heavy atom. The second kappa shape index (κ2) is 8.17. The quantitative estimate of drug-likeness (QED) is 0.733. The van der Waals surface area contributed by atoms with E-state index in [-0.39, 0.29) is 25.2 Å². The lowest BCUT2D eigenvalue weighted by atomic mass is 10.1. The number of hydrogen-bond acceptors (Lipinski definition) is 3. The van der Waals surface area contributed by atoms with Crippen LogP contribution in [0.2, 0.25) is 0 Å². The molecule has 1 amide bonds. The lowest BCUT2D eigenvalue weighted by molar-refractivity contribution is 0.0929. The van der Waals surface area contributed by atoms with Gasteiger partial charge in [0.1, 0.15) is 12.4 Å². The summed E-state index contributed by atoms with van der Waals surface area (Å²) in [6, 6.07) is 6.79. The van der Waals surface area contributed by atoms with Crippen LogP contribution in [-0.4, -0.2) is 30.3 Å². The molecule has 0 aromatic heterocycles. The first-order valence-electron chi connectivity index (χ1n) is 6.29. The van der Waals surface area contributed by atoms with E-state index in [1.54, 1.807) is 24.3 Å². The topological polar surface area (TPSA) is 58.6 Å². The van der Waals surface area contributed by atoms with Gasteiger partial charge >= 0.3 is 0 Å². The number of benzene rings is 1. The number of nitrogens with one attached hydrogen (secondary N) is 1. The van der Waals surface area contributed by atoms with Gasteiger partial charge in [-0.05, 0) is 37.1 Å². The van der Waals surface area contributed by atoms with Crippen LogP contribution < -0.4 is 10.1 Å². The molecule has 0 fully saturated rings. The maximum atomic E-state index is 11.9. The molecule has 0 aliphatic carbocycles. The largest absolute Gasteiger partial charge is 0.481 e. The molecular formula is C15H19NO3. The van der Waals surface area contributed by atoms with E-state index >= 15 is 0 Å². The fourth-order valence-electron chi connectivity index (χ4n) is 1.63. The minimum atomic E-state index is -0.149. The van der Waals surface area contributed by atoms with Crippen molar-refractivity contribution in [3.63, 3.8) is 0 Å². The van der Waals surface area contributed by atoms with Crippen LogP contribution in [0.4, 0.5) is 0 Å². The molecular weight excluding hydrogens is 242 g/mol. The van der Waals surface area contributed by atoms with E-state index in [0.717, 1.165) is 6.42 Å². The summed E-state index contributed by atoms with van der Waals surface area (Å²) in [6.45, 7) is 2.25. The zero-order valence-corrected chi connectivity index (χ0v) is 11.1. The molecule has 4 nitrogen and oxygen atoms in total. The summed E-state index contributed by atoms with van der Waals surface area (Å²) in [4.78, 5) is 11.9. The lowest BCUT2D eigenvalue weighted by Crippen LogP contribution is -2.35. The molecule has 4 heteroatoms. The summed E-state index contributed by atoms with van der Waals surface area (Å²) in [5.41, 5.74) is 0.560. The Balaban J connectivity index is 2.59. The van der Waals surface area contributed by atoms with Gasteiger partial charge in [-0.3, -0.25) is 4.79 Å². The number of ether oxygens (including phenoxy) is 1. The molecule has 19 heavy (non-hydrogen) atoms. The molecule has 0 aliphatic heterocycles. The van der Waals surface area contributed by atoms with E-state index in [1.807, 2.05) is 6.92 Å². The highest BCUT2D eigenvalue weighted by Crippen LogP contribution is 2.12. The van der Waals surface area contributed by atoms with Gasteiger partial charge < -0.3 is 15.2 Å². The van der Waals surface area contributed by atoms with E-state index < -0.39 is 0 Å². The van der Waals surface area contributed by atoms with Crippen LogP contribution >= 0.6 is 0 Å². The molecule has 1 rings (SSSR count). The Kier molecular flexibility index (Phi) is 6.48. The van der Waals surface area contributed by atoms with Crippen molar-refractivity contribution in [1.82, 2.24) is 5.32 Å². The molecule has 0 radical (unpaired) electrons. The maximum Gasteiger partial charge on any atom is 0.251 e. The first kappa shape index (κ1) is 15.1. The molecule has 0 saturated carbocycles. The van der Waals surface area contributed by atoms with Gasteiger partial charge in [-0.2, -0.15) is 0 Å². The van der Waals surface area contributed by atoms with E-state index in [9.17, 15) is 4.79 Å². The Morgan fingerprint density at radius 2 is 2.16 bits per heavy atom. The highest BCUT2D eigenvalue weighted by Gasteiger charge is 2.11. The monoisotopic (exact) mass is 261 g/mol. The Labute approximate surface area is 113 Å². The molecule has 0 spiro atoms. The van der Waals surface area contributed by atoms with Crippen molar-refractivity contribution in [3.8, 4) is 18.1 Å². The fourth-order valence-corrected chi connectivity index (χ4v) is 1.63. The molecule has 0 heterocycles. The van der Waals surface area contributed by atoms with Crippen molar-refractivity contribution in [2.24, 2.45) is 0 Å². The van der Waals surface area contributed by atoms with Crippen molar-refractivity contribution in [2.45, 2.75) is 25.8 Å². The smallest absolute Gasteiger partial charge is 0.251 e. The second-order valence-electron chi connectivity index (χ2n) is 4.11. The van der Waals surface area contributed by atoms with Crippen LogP contribution in [0.1, 0.15) is 30.1 Å². The molecule has 1 unspecified atom stereocenters. The van der Waals surface area contributed by atoms with E-state index in [2.05, 4.69) is 11.2 Å². The number of aliphatic hydroxyl groups is 1. The number of hydrogen-bond donors (Lipinski definition) is 2. The van der Waals surface area contributed by atoms with Crippen LogP contribution in [0, 0.1) is 12.3 Å². The number of rotatable bonds is 7. The molecule has 2 N–H and O–H groups in total. The fraction of sp³-hybridized carbons (Fsp3) is 0.400. The van der Waals surface area contributed by atoms with Gasteiger partial charge in [0.15, 0.2) is 0 Å². The summed E-state index contributed by atoms with van der Waals surface area (Å²) in [6.07, 6.45) is 6.44. The molecule has 1 aromatic rings. The van der Waals surface area contributed by atoms with Crippen LogP contribution in [-0.2, 0) is 0 Å². The third-order valence-electron chi connectivity index (χ3n) is 2.74. The molecule has 1 atom stereocenters. The van der Waals surface area contributed by atoms with Gasteiger partial charge in [0.05, 0.1) is 0 Å². The SMILES string of the molecule is C#CCOc1ccc(C(=O)NC(CC)CCO)cc1. The summed E-state index contributed by atoms with van der Waals surface area (Å²) >= 11 is 0. The Bertz CT molecular complexity index is 434. The van der Waals surface area contributed by atoms with Crippen LogP contribution in [0.15, 0.2) is 24.3 Å². The number of aliphatic hydroxyl groups excluding tert-OH is 1. The van der Waals surface area contributed by atoms with E-state index in [4.69, 9.17) is 16.3 Å². The summed E-state index contributed by atoms with van der Waals surface area (Å²) in [5, 5.41) is 11.8. The predicted molar refractivity (Wildman–Crippen MR) is 74.0 cm³/mol. The third-order valence-corrected chi connectivity index (χ3v) is 2.74. The molecule has 0 saturated heterocycles. The number of terminal acetylenes is 1. The standard InChI is InChI=1S/C15H19NO3/c1-3-11-19-14-7-5-12(6-8-14)15(18)16-13(4-2)9-10-17/h1,5-8,13,17H,4,9-11H2,2H3,(H,16,18). The zero-order chi connectivity index (χ0) is 14.1. The minimum Gasteiger partial charge on any atom is -0.481 e. The number of carbonyl (C=O) groups is 1. The predicted octanol–water partition coefficient (Wildman–Crippen LogP) is 1.59. The zero-order valence-electron chi connectivity index (χ0n) is 11.1. The number of carbonyl (C=O) groups excluding carboxylic acids is 1. The van der Waals surface area contributed by atoms with Crippen LogP contribution in [0.3, 0.4) is 0 Å². The van der Waals surface area contributed by atoms with E-state index in [0.29, 0.717) is 17.7 Å². The molecule has 0 aliphatic rings. The first-order valence-corrected chi connectivity index (χ1v) is 6.29. The van der Waals surface area contributed by atoms with E-state index in [1.165, 1.54) is 0 Å². The van der Waals surface area contributed by atoms with Gasteiger partial charge in [0, 0.05) is 18.2 Å². The highest BCUT2D eigenvalue weighted by atomic mass is 16.5. The van der Waals surface area contributed by atoms with Gasteiger partial charge in [0.2, 0.25) is 0 Å². The van der Waals surface area contributed by atoms with Gasteiger partial charge in [0.25, 0.3) is 5.91 Å². The van der Waals surface area contributed by atoms with Crippen molar-refractivity contribution >= 4 is 5.91 Å². The minimum absolute atomic E-state index is 0.00475. The first-order chi connectivity index (χ1) is 9.21. The summed E-state index contributed by atoms with van der Waals surface area (Å²) in [5.74, 6) is 2.86. The molecule has 102 valence electrons. The highest BCUT2D eigenvalue weighted by molar-refractivity contribution is 5.94. The lowest BCUT2D eigenvalue weighted by Gasteiger charge is -2.15. The molecule has 1 aromatic carbocycles. The Morgan fingerprint density at radius 3 is 2.68 bits per heavy atom. The van der Waals surface area contributed by atoms with Gasteiger partial charge in [-0.15, -0.1) is 6.42 Å². The third kappa shape index (κ3) is 5.02. The van der Waals surface area contributed by atoms with Crippen LogP contribution in [0.25, 0.3) is 0 Å². The van der Waals surface area contributed by atoms with Crippen molar-refractivity contribution < 1.29 is 14.6 Å². The summed E-state index contributed by atoms with van der Waals surface area (Å²) in [7, 11) is 0. The van der Waals surface area contributed by atoms with Gasteiger partial charge in [-0.25, -0.2) is 0 Å². The normalized spacial score (nSPS) is 11.4. The summed E-state index contributed by atoms with van der Waals surface area (Å²) < 4.78 is 5.23. The average molecular weight is 261 g/mol. The van der Waals surface area contributed by atoms with Gasteiger partial charge in [-0.1, -0.05) is 12.8 Å².